The topological polar surface area (TPSA) is 107 Å². The number of amides is 2. The molecule has 32 heavy (non-hydrogen) atoms. The van der Waals surface area contributed by atoms with Gasteiger partial charge in [-0.05, 0) is 44.7 Å². The lowest BCUT2D eigenvalue weighted by atomic mass is 9.93. The van der Waals surface area contributed by atoms with Gasteiger partial charge in [0.15, 0.2) is 5.82 Å². The average Bonchev–Trinajstić information content (AvgIpc) is 3.39. The number of tetrazole rings is 1. The van der Waals surface area contributed by atoms with Crippen molar-refractivity contribution in [2.45, 2.75) is 81.4 Å². The van der Waals surface area contributed by atoms with E-state index >= 15 is 0 Å². The number of aromatic nitrogens is 4. The average molecular weight is 456 g/mol. The Hall–Kier alpha value is -2.46. The van der Waals surface area contributed by atoms with E-state index in [0.29, 0.717) is 11.7 Å². The maximum absolute atomic E-state index is 13.6. The molecule has 3 aliphatic rings. The molecule has 9 nitrogen and oxygen atoms in total. The summed E-state index contributed by atoms with van der Waals surface area (Å²) in [5, 5.41) is 17.8. The highest BCUT2D eigenvalue weighted by Crippen LogP contribution is 2.58. The van der Waals surface area contributed by atoms with E-state index in [1.807, 2.05) is 30.9 Å². The number of fused-ring (bicyclic) bond motifs is 1. The lowest BCUT2D eigenvalue weighted by molar-refractivity contribution is -0.165. The Morgan fingerprint density at radius 1 is 1.06 bits per heavy atom. The van der Waals surface area contributed by atoms with Crippen molar-refractivity contribution < 1.29 is 9.59 Å². The third-order valence-corrected chi connectivity index (χ3v) is 8.38. The fourth-order valence-corrected chi connectivity index (χ4v) is 6.89. The quantitative estimate of drug-likeness (QED) is 0.682. The number of nitrogens with one attached hydrogen (secondary N) is 2. The number of H-pyrrole nitrogens is 1. The van der Waals surface area contributed by atoms with Crippen molar-refractivity contribution in [3.63, 3.8) is 0 Å². The Labute approximate surface area is 191 Å². The molecule has 3 aliphatic heterocycles. The van der Waals surface area contributed by atoms with Crippen LogP contribution in [0.3, 0.4) is 0 Å². The number of carbonyl (C=O) groups is 2. The standard InChI is InChI=1S/C22H29N7O2S/c1-11(2)12-7-9-13(10-8-12)14-18(30)29(22(5,6)23-14)15-19(31)28-16(17-24-26-27-25-17)21(3,4)32-20(15)28/h7-11,14-16,20,23H,1-6H3,(H,24,25,26,27)/t14?,15?,16?,20-/m1/s1. The van der Waals surface area contributed by atoms with Gasteiger partial charge < -0.3 is 9.80 Å². The van der Waals surface area contributed by atoms with Crippen molar-refractivity contribution >= 4 is 23.6 Å². The van der Waals surface area contributed by atoms with Gasteiger partial charge in [0.05, 0.1) is 5.66 Å². The molecule has 0 spiro atoms. The summed E-state index contributed by atoms with van der Waals surface area (Å²) in [7, 11) is 0. The first kappa shape index (κ1) is 21.4. The molecule has 4 atom stereocenters. The van der Waals surface area contributed by atoms with Crippen molar-refractivity contribution in [3.8, 4) is 0 Å². The maximum Gasteiger partial charge on any atom is 0.250 e. The minimum Gasteiger partial charge on any atom is -0.314 e. The molecule has 5 rings (SSSR count). The summed E-state index contributed by atoms with van der Waals surface area (Å²) in [5.74, 6) is 0.802. The second-order valence-corrected chi connectivity index (χ2v) is 11.9. The lowest BCUT2D eigenvalue weighted by Crippen LogP contribution is -2.71. The van der Waals surface area contributed by atoms with Crippen LogP contribution >= 0.6 is 11.8 Å². The number of nitrogens with zero attached hydrogens (tertiary/aromatic N) is 5. The van der Waals surface area contributed by atoms with Crippen LogP contribution in [0.4, 0.5) is 0 Å². The normalized spacial score (nSPS) is 30.7. The van der Waals surface area contributed by atoms with Gasteiger partial charge in [-0.3, -0.25) is 14.9 Å². The molecular weight excluding hydrogens is 426 g/mol. The fraction of sp³-hybridized carbons (Fsp3) is 0.591. The molecule has 170 valence electrons. The Balaban J connectivity index is 1.43. The molecule has 0 radical (unpaired) electrons. The largest absolute Gasteiger partial charge is 0.314 e. The number of thioether (sulfide) groups is 1. The zero-order valence-electron chi connectivity index (χ0n) is 19.2. The van der Waals surface area contributed by atoms with Gasteiger partial charge in [0.2, 0.25) is 11.8 Å². The monoisotopic (exact) mass is 455 g/mol. The predicted octanol–water partition coefficient (Wildman–Crippen LogP) is 2.34. The Morgan fingerprint density at radius 3 is 2.34 bits per heavy atom. The first-order valence-corrected chi connectivity index (χ1v) is 11.8. The van der Waals surface area contributed by atoms with Crippen LogP contribution in [0.5, 0.6) is 0 Å². The van der Waals surface area contributed by atoms with Crippen molar-refractivity contribution in [3.05, 3.63) is 41.2 Å². The van der Waals surface area contributed by atoms with Gasteiger partial charge in [-0.2, -0.15) is 5.21 Å². The molecule has 2 aromatic rings. The SMILES string of the molecule is CC(C)c1ccc(C2NC(C)(C)N(C3C(=O)N4C(c5nn[nH]n5)C(C)(C)S[C@H]34)C2=O)cc1. The number of hydrogen-bond donors (Lipinski definition) is 2. The van der Waals surface area contributed by atoms with Crippen LogP contribution in [-0.4, -0.2) is 64.1 Å². The van der Waals surface area contributed by atoms with Crippen molar-refractivity contribution in [1.29, 1.82) is 0 Å². The van der Waals surface area contributed by atoms with Crippen molar-refractivity contribution in [2.75, 3.05) is 0 Å². The van der Waals surface area contributed by atoms with Gasteiger partial charge in [0.25, 0.3) is 0 Å². The summed E-state index contributed by atoms with van der Waals surface area (Å²) in [6.07, 6.45) is 0. The van der Waals surface area contributed by atoms with Crippen LogP contribution in [0.15, 0.2) is 24.3 Å². The minimum atomic E-state index is -0.653. The van der Waals surface area contributed by atoms with Gasteiger partial charge >= 0.3 is 0 Å². The van der Waals surface area contributed by atoms with Crippen LogP contribution in [0.25, 0.3) is 0 Å². The van der Waals surface area contributed by atoms with E-state index in [1.54, 1.807) is 16.7 Å². The smallest absolute Gasteiger partial charge is 0.250 e. The van der Waals surface area contributed by atoms with Crippen molar-refractivity contribution in [1.82, 2.24) is 35.7 Å². The molecular formula is C22H29N7O2S. The van der Waals surface area contributed by atoms with E-state index in [-0.39, 0.29) is 28.0 Å². The van der Waals surface area contributed by atoms with E-state index in [4.69, 9.17) is 0 Å². The van der Waals surface area contributed by atoms with Gasteiger partial charge in [0.1, 0.15) is 23.5 Å². The molecule has 0 aliphatic carbocycles. The number of β-lactam (4-membered cyclic amide) rings is 1. The van der Waals surface area contributed by atoms with Crippen LogP contribution in [0.1, 0.15) is 76.5 Å². The number of benzene rings is 1. The third kappa shape index (κ3) is 2.99. The van der Waals surface area contributed by atoms with Gasteiger partial charge in [-0.15, -0.1) is 22.0 Å². The number of rotatable bonds is 4. The molecule has 1 aromatic heterocycles. The molecule has 3 fully saturated rings. The fourth-order valence-electron chi connectivity index (χ4n) is 5.22. The molecule has 0 saturated carbocycles. The zero-order valence-corrected chi connectivity index (χ0v) is 20.0. The third-order valence-electron chi connectivity index (χ3n) is 6.82. The lowest BCUT2D eigenvalue weighted by Gasteiger charge is -2.50. The predicted molar refractivity (Wildman–Crippen MR) is 120 cm³/mol. The highest BCUT2D eigenvalue weighted by atomic mass is 32.2. The number of hydrogen-bond acceptors (Lipinski definition) is 7. The molecule has 3 saturated heterocycles. The first-order valence-electron chi connectivity index (χ1n) is 11.0. The summed E-state index contributed by atoms with van der Waals surface area (Å²) in [6.45, 7) is 12.4. The van der Waals surface area contributed by atoms with Crippen LogP contribution in [0.2, 0.25) is 0 Å². The molecule has 2 amide bonds. The van der Waals surface area contributed by atoms with E-state index in [9.17, 15) is 9.59 Å². The zero-order chi connectivity index (χ0) is 23.0. The molecule has 2 N–H and O–H groups in total. The molecule has 1 aromatic carbocycles. The molecule has 4 heterocycles. The Kier molecular flexibility index (Phi) is 4.69. The maximum atomic E-state index is 13.6. The summed E-state index contributed by atoms with van der Waals surface area (Å²) >= 11 is 1.69. The molecule has 3 unspecified atom stereocenters. The first-order chi connectivity index (χ1) is 15.0. The molecule has 10 heteroatoms. The summed E-state index contributed by atoms with van der Waals surface area (Å²) < 4.78 is -0.300. The van der Waals surface area contributed by atoms with Gasteiger partial charge in [-0.25, -0.2) is 0 Å². The van der Waals surface area contributed by atoms with Crippen LogP contribution in [-0.2, 0) is 9.59 Å². The van der Waals surface area contributed by atoms with Crippen LogP contribution < -0.4 is 5.32 Å². The van der Waals surface area contributed by atoms with E-state index < -0.39 is 17.7 Å². The van der Waals surface area contributed by atoms with E-state index in [1.165, 1.54) is 5.56 Å². The molecule has 0 bridgehead atoms. The Morgan fingerprint density at radius 2 is 1.75 bits per heavy atom. The number of aromatic amines is 1. The Bertz CT molecular complexity index is 1050. The second kappa shape index (κ2) is 7.02. The van der Waals surface area contributed by atoms with E-state index in [0.717, 1.165) is 5.56 Å². The van der Waals surface area contributed by atoms with Gasteiger partial charge in [-0.1, -0.05) is 43.3 Å². The minimum absolute atomic E-state index is 0.0632. The summed E-state index contributed by atoms with van der Waals surface area (Å²) in [4.78, 5) is 30.6. The van der Waals surface area contributed by atoms with Gasteiger partial charge in [0, 0.05) is 4.75 Å². The highest BCUT2D eigenvalue weighted by Gasteiger charge is 2.67. The van der Waals surface area contributed by atoms with E-state index in [2.05, 4.69) is 65.8 Å². The second-order valence-electron chi connectivity index (χ2n) is 10.1. The summed E-state index contributed by atoms with van der Waals surface area (Å²) in [5.41, 5.74) is 1.50. The van der Waals surface area contributed by atoms with Crippen molar-refractivity contribution in [2.24, 2.45) is 0 Å². The summed E-state index contributed by atoms with van der Waals surface area (Å²) in [6, 6.07) is 6.90. The highest BCUT2D eigenvalue weighted by molar-refractivity contribution is 8.01. The van der Waals surface area contributed by atoms with Crippen LogP contribution in [0, 0.1) is 0 Å². The number of carbonyl (C=O) groups excluding carboxylic acids is 2.